The predicted octanol–water partition coefficient (Wildman–Crippen LogP) is 4.53. The Balaban J connectivity index is 1.98. The Labute approximate surface area is 162 Å². The molecule has 3 N–H and O–H groups in total. The van der Waals surface area contributed by atoms with Crippen molar-refractivity contribution in [1.82, 2.24) is 10.6 Å². The lowest BCUT2D eigenvalue weighted by Crippen LogP contribution is -2.34. The smallest absolute Gasteiger partial charge is 0.416 e. The molecule has 0 radical (unpaired) electrons. The van der Waals surface area contributed by atoms with E-state index in [0.717, 1.165) is 0 Å². The van der Waals surface area contributed by atoms with Crippen LogP contribution in [0.1, 0.15) is 47.2 Å². The Morgan fingerprint density at radius 2 is 1.24 bits per heavy atom. The van der Waals surface area contributed by atoms with E-state index in [-0.39, 0.29) is 24.4 Å². The lowest BCUT2D eigenvalue weighted by Gasteiger charge is -2.28. The first-order chi connectivity index (χ1) is 13.4. The standard InChI is InChI=1S/C18H20F6N2O3/c19-17(20,21)13-5-12(6-14(7-13)18(22,23)24)15(27)25-8-10-1-3-11(4-2-10)9-26-16(28)29/h5-7,10-11,26H,1-4,8-9H2,(H,25,27)(H,28,29)/t10-,11-. The Kier molecular flexibility index (Phi) is 7.02. The van der Waals surface area contributed by atoms with E-state index in [1.54, 1.807) is 0 Å². The third-order valence-corrected chi connectivity index (χ3v) is 4.91. The van der Waals surface area contributed by atoms with Gasteiger partial charge in [0.05, 0.1) is 11.1 Å². The molecular weight excluding hydrogens is 406 g/mol. The number of nitrogens with one attached hydrogen (secondary N) is 2. The van der Waals surface area contributed by atoms with E-state index in [2.05, 4.69) is 10.6 Å². The monoisotopic (exact) mass is 426 g/mol. The van der Waals surface area contributed by atoms with Gasteiger partial charge in [0.15, 0.2) is 0 Å². The van der Waals surface area contributed by atoms with E-state index in [1.807, 2.05) is 0 Å². The first-order valence-corrected chi connectivity index (χ1v) is 8.90. The first-order valence-electron chi connectivity index (χ1n) is 8.90. The fourth-order valence-corrected chi connectivity index (χ4v) is 3.30. The van der Waals surface area contributed by atoms with Crippen molar-refractivity contribution in [3.05, 3.63) is 34.9 Å². The van der Waals surface area contributed by atoms with Gasteiger partial charge in [0, 0.05) is 18.7 Å². The molecule has 0 aromatic heterocycles. The third-order valence-electron chi connectivity index (χ3n) is 4.91. The van der Waals surface area contributed by atoms with Crippen LogP contribution in [0.3, 0.4) is 0 Å². The van der Waals surface area contributed by atoms with Gasteiger partial charge in [-0.1, -0.05) is 0 Å². The molecule has 0 atom stereocenters. The van der Waals surface area contributed by atoms with Gasteiger partial charge in [-0.3, -0.25) is 4.79 Å². The minimum Gasteiger partial charge on any atom is -0.465 e. The van der Waals surface area contributed by atoms with Gasteiger partial charge < -0.3 is 15.7 Å². The summed E-state index contributed by atoms with van der Waals surface area (Å²) in [6.07, 6.45) is -8.38. The highest BCUT2D eigenvalue weighted by Gasteiger charge is 2.37. The summed E-state index contributed by atoms with van der Waals surface area (Å²) in [5, 5.41) is 13.3. The number of benzene rings is 1. The summed E-state index contributed by atoms with van der Waals surface area (Å²) in [4.78, 5) is 22.7. The summed E-state index contributed by atoms with van der Waals surface area (Å²) in [7, 11) is 0. The maximum absolute atomic E-state index is 12.9. The van der Waals surface area contributed by atoms with E-state index in [0.29, 0.717) is 44.4 Å². The first kappa shape index (κ1) is 22.8. The van der Waals surface area contributed by atoms with Crippen molar-refractivity contribution in [2.24, 2.45) is 11.8 Å². The van der Waals surface area contributed by atoms with Gasteiger partial charge in [-0.2, -0.15) is 26.3 Å². The molecule has 1 aliphatic carbocycles. The number of halogens is 6. The average Bonchev–Trinajstić information content (AvgIpc) is 2.63. The van der Waals surface area contributed by atoms with Crippen LogP contribution in [0.25, 0.3) is 0 Å². The van der Waals surface area contributed by atoms with Gasteiger partial charge in [0.1, 0.15) is 0 Å². The second-order valence-corrected chi connectivity index (χ2v) is 7.08. The molecule has 0 spiro atoms. The molecule has 1 fully saturated rings. The molecule has 0 unspecified atom stereocenters. The summed E-state index contributed by atoms with van der Waals surface area (Å²) in [6.45, 7) is 0.439. The van der Waals surface area contributed by atoms with Gasteiger partial charge >= 0.3 is 18.4 Å². The van der Waals surface area contributed by atoms with Crippen molar-refractivity contribution in [2.45, 2.75) is 38.0 Å². The average molecular weight is 426 g/mol. The SMILES string of the molecule is O=C(O)NC[C@H]1CC[C@H](CNC(=O)c2cc(C(F)(F)F)cc(C(F)(F)F)c2)CC1. The molecule has 5 nitrogen and oxygen atoms in total. The summed E-state index contributed by atoms with van der Waals surface area (Å²) in [5.41, 5.74) is -3.78. The number of carbonyl (C=O) groups excluding carboxylic acids is 1. The fraction of sp³-hybridized carbons (Fsp3) is 0.556. The van der Waals surface area contributed by atoms with Gasteiger partial charge in [-0.05, 0) is 55.7 Å². The summed E-state index contributed by atoms with van der Waals surface area (Å²) < 4.78 is 77.3. The number of hydrogen-bond acceptors (Lipinski definition) is 2. The molecule has 1 saturated carbocycles. The lowest BCUT2D eigenvalue weighted by molar-refractivity contribution is -0.143. The van der Waals surface area contributed by atoms with Crippen molar-refractivity contribution in [1.29, 1.82) is 0 Å². The van der Waals surface area contributed by atoms with Crippen molar-refractivity contribution in [3.63, 3.8) is 0 Å². The maximum Gasteiger partial charge on any atom is 0.416 e. The third kappa shape index (κ3) is 6.82. The highest BCUT2D eigenvalue weighted by atomic mass is 19.4. The van der Waals surface area contributed by atoms with Crippen LogP contribution in [0.2, 0.25) is 0 Å². The molecule has 11 heteroatoms. The minimum atomic E-state index is -5.02. The van der Waals surface area contributed by atoms with Crippen LogP contribution < -0.4 is 10.6 Å². The number of hydrogen-bond donors (Lipinski definition) is 3. The van der Waals surface area contributed by atoms with E-state index in [4.69, 9.17) is 5.11 Å². The van der Waals surface area contributed by atoms with Crippen LogP contribution in [0.5, 0.6) is 0 Å². The quantitative estimate of drug-likeness (QED) is 0.606. The molecule has 0 bridgehead atoms. The molecule has 0 saturated heterocycles. The van der Waals surface area contributed by atoms with Gasteiger partial charge in [-0.25, -0.2) is 4.79 Å². The Morgan fingerprint density at radius 3 is 1.62 bits per heavy atom. The second-order valence-electron chi connectivity index (χ2n) is 7.08. The zero-order valence-electron chi connectivity index (χ0n) is 15.2. The summed E-state index contributed by atoms with van der Waals surface area (Å²) in [6, 6.07) is 0.779. The molecule has 1 aliphatic rings. The van der Waals surface area contributed by atoms with Crippen molar-refractivity contribution >= 4 is 12.0 Å². The molecule has 1 aromatic carbocycles. The number of amides is 2. The predicted molar refractivity (Wildman–Crippen MR) is 90.3 cm³/mol. The Morgan fingerprint density at radius 1 is 0.828 bits per heavy atom. The topological polar surface area (TPSA) is 78.4 Å². The van der Waals surface area contributed by atoms with Crippen LogP contribution in [0, 0.1) is 11.8 Å². The van der Waals surface area contributed by atoms with E-state index < -0.39 is 41.0 Å². The molecular formula is C18H20F6N2O3. The molecule has 162 valence electrons. The maximum atomic E-state index is 12.9. The zero-order chi connectivity index (χ0) is 21.8. The van der Waals surface area contributed by atoms with E-state index >= 15 is 0 Å². The van der Waals surface area contributed by atoms with Gasteiger partial charge in [0.2, 0.25) is 0 Å². The second kappa shape index (κ2) is 8.91. The Hall–Kier alpha value is -2.46. The highest BCUT2D eigenvalue weighted by molar-refractivity contribution is 5.94. The van der Waals surface area contributed by atoms with Crippen LogP contribution >= 0.6 is 0 Å². The molecule has 1 aromatic rings. The van der Waals surface area contributed by atoms with Gasteiger partial charge in [-0.15, -0.1) is 0 Å². The number of carboxylic acid groups (broad SMARTS) is 1. The van der Waals surface area contributed by atoms with Crippen LogP contribution in [-0.2, 0) is 12.4 Å². The summed E-state index contributed by atoms with van der Waals surface area (Å²) >= 11 is 0. The molecule has 0 heterocycles. The normalized spacial score (nSPS) is 20.2. The lowest BCUT2D eigenvalue weighted by atomic mass is 9.82. The van der Waals surface area contributed by atoms with Crippen LogP contribution in [0.4, 0.5) is 31.1 Å². The summed E-state index contributed by atoms with van der Waals surface area (Å²) in [5.74, 6) is -0.819. The van der Waals surface area contributed by atoms with Gasteiger partial charge in [0.25, 0.3) is 5.91 Å². The number of rotatable bonds is 5. The van der Waals surface area contributed by atoms with Crippen LogP contribution in [-0.4, -0.2) is 30.2 Å². The van der Waals surface area contributed by atoms with E-state index in [1.165, 1.54) is 0 Å². The minimum absolute atomic E-state index is 0.0212. The number of alkyl halides is 6. The molecule has 29 heavy (non-hydrogen) atoms. The van der Waals surface area contributed by atoms with E-state index in [9.17, 15) is 35.9 Å². The molecule has 0 aliphatic heterocycles. The highest BCUT2D eigenvalue weighted by Crippen LogP contribution is 2.36. The molecule has 2 amide bonds. The largest absolute Gasteiger partial charge is 0.465 e. The number of carbonyl (C=O) groups is 2. The van der Waals surface area contributed by atoms with Crippen molar-refractivity contribution in [3.8, 4) is 0 Å². The van der Waals surface area contributed by atoms with Crippen molar-refractivity contribution in [2.75, 3.05) is 13.1 Å². The fourth-order valence-electron chi connectivity index (χ4n) is 3.30. The van der Waals surface area contributed by atoms with Crippen LogP contribution in [0.15, 0.2) is 18.2 Å². The molecule has 2 rings (SSSR count). The van der Waals surface area contributed by atoms with Crippen molar-refractivity contribution < 1.29 is 41.0 Å². The Bertz CT molecular complexity index is 708. The zero-order valence-corrected chi connectivity index (χ0v) is 15.2.